The Morgan fingerprint density at radius 3 is 1.64 bits per heavy atom. The first-order chi connectivity index (χ1) is 16.3. The highest BCUT2D eigenvalue weighted by atomic mass is 31.2. The van der Waals surface area contributed by atoms with Crippen LogP contribution in [0.15, 0.2) is 60.7 Å². The van der Waals surface area contributed by atoms with Crippen molar-refractivity contribution in [1.29, 1.82) is 0 Å². The number of para-hydroxylation sites is 2. The zero-order valence-electron chi connectivity index (χ0n) is 20.6. The fourth-order valence-electron chi connectivity index (χ4n) is 3.47. The Hall–Kier alpha value is -1.61. The molecule has 0 aromatic heterocycles. The number of benzene rings is 2. The van der Waals surface area contributed by atoms with Crippen LogP contribution in [0.2, 0.25) is 0 Å². The Kier molecular flexibility index (Phi) is 15.7. The Labute approximate surface area is 203 Å². The zero-order valence-corrected chi connectivity index (χ0v) is 21.5. The van der Waals surface area contributed by atoms with Crippen molar-refractivity contribution in [2.24, 2.45) is 0 Å². The molecule has 0 aliphatic carbocycles. The number of hydrogen-bond acceptors (Lipinski definition) is 4. The maximum absolute atomic E-state index is 6.31. The van der Waals surface area contributed by atoms with Crippen molar-refractivity contribution in [1.82, 2.24) is 0 Å². The van der Waals surface area contributed by atoms with Gasteiger partial charge in [0.15, 0.2) is 6.29 Å². The van der Waals surface area contributed by atoms with Crippen LogP contribution in [0.5, 0.6) is 11.5 Å². The third-order valence-corrected chi connectivity index (χ3v) is 6.52. The van der Waals surface area contributed by atoms with E-state index < -0.39 is 8.60 Å². The normalized spacial score (nSPS) is 12.1. The fraction of sp³-hybridized carbons (Fsp3) is 0.571. The van der Waals surface area contributed by atoms with E-state index in [1.54, 1.807) is 0 Å². The molecule has 1 atom stereocenters. The maximum Gasteiger partial charge on any atom is 0.465 e. The van der Waals surface area contributed by atoms with E-state index in [1.165, 1.54) is 57.8 Å². The van der Waals surface area contributed by atoms with Gasteiger partial charge in [-0.05, 0) is 43.5 Å². The Bertz CT molecular complexity index is 641. The van der Waals surface area contributed by atoms with Crippen molar-refractivity contribution in [3.63, 3.8) is 0 Å². The minimum Gasteiger partial charge on any atom is -0.418 e. The first-order valence-corrected chi connectivity index (χ1v) is 14.0. The summed E-state index contributed by atoms with van der Waals surface area (Å²) in [7, 11) is -1.64. The summed E-state index contributed by atoms with van der Waals surface area (Å²) in [4.78, 5) is 0. The lowest BCUT2D eigenvalue weighted by Gasteiger charge is -2.23. The average Bonchev–Trinajstić information content (AvgIpc) is 2.84. The average molecular weight is 475 g/mol. The topological polar surface area (TPSA) is 36.9 Å². The number of ether oxygens (including phenoxy) is 1. The number of hydrogen-bond donors (Lipinski definition) is 0. The monoisotopic (exact) mass is 474 g/mol. The predicted octanol–water partition coefficient (Wildman–Crippen LogP) is 9.45. The summed E-state index contributed by atoms with van der Waals surface area (Å²) in [5.41, 5.74) is 0. The van der Waals surface area contributed by atoms with Crippen LogP contribution in [0.3, 0.4) is 0 Å². The standard InChI is InChI=1S/C28H43O4P/c1-3-5-7-9-11-19-25-29-28(24-18-10-8-6-4-2)32-33(30-26-20-14-12-15-21-26)31-27-22-16-13-17-23-27/h12-17,20-23,28H,3-11,18-19,24-25H2,1-2H3. The molecule has 184 valence electrons. The van der Waals surface area contributed by atoms with Gasteiger partial charge in [0.25, 0.3) is 0 Å². The first kappa shape index (κ1) is 27.6. The Morgan fingerprint density at radius 1 is 0.606 bits per heavy atom. The third kappa shape index (κ3) is 13.6. The minimum absolute atomic E-state index is 0.319. The molecule has 33 heavy (non-hydrogen) atoms. The molecule has 0 amide bonds. The first-order valence-electron chi connectivity index (χ1n) is 12.9. The van der Waals surface area contributed by atoms with Gasteiger partial charge >= 0.3 is 8.60 Å². The van der Waals surface area contributed by atoms with Crippen LogP contribution in [0.4, 0.5) is 0 Å². The van der Waals surface area contributed by atoms with Gasteiger partial charge in [-0.25, -0.2) is 0 Å². The van der Waals surface area contributed by atoms with Gasteiger partial charge in [-0.3, -0.25) is 4.52 Å². The summed E-state index contributed by atoms with van der Waals surface area (Å²) in [5, 5.41) is 0. The molecule has 2 rings (SSSR count). The molecule has 0 spiro atoms. The molecule has 0 heterocycles. The van der Waals surface area contributed by atoms with E-state index in [4.69, 9.17) is 18.3 Å². The molecule has 0 aliphatic heterocycles. The second-order valence-electron chi connectivity index (χ2n) is 8.41. The lowest BCUT2D eigenvalue weighted by atomic mass is 10.1. The van der Waals surface area contributed by atoms with Crippen molar-refractivity contribution in [2.75, 3.05) is 6.61 Å². The molecule has 0 bridgehead atoms. The van der Waals surface area contributed by atoms with Crippen LogP contribution in [0.25, 0.3) is 0 Å². The lowest BCUT2D eigenvalue weighted by molar-refractivity contribution is -0.0896. The van der Waals surface area contributed by atoms with Gasteiger partial charge < -0.3 is 13.8 Å². The lowest BCUT2D eigenvalue weighted by Crippen LogP contribution is -2.18. The minimum atomic E-state index is -1.64. The summed E-state index contributed by atoms with van der Waals surface area (Å²) in [6.45, 7) is 5.20. The largest absolute Gasteiger partial charge is 0.465 e. The van der Waals surface area contributed by atoms with E-state index in [0.29, 0.717) is 6.61 Å². The van der Waals surface area contributed by atoms with E-state index in [2.05, 4.69) is 13.8 Å². The summed E-state index contributed by atoms with van der Waals surface area (Å²) < 4.78 is 24.7. The van der Waals surface area contributed by atoms with Crippen molar-refractivity contribution >= 4 is 8.60 Å². The summed E-state index contributed by atoms with van der Waals surface area (Å²) in [6.07, 6.45) is 14.1. The molecule has 5 heteroatoms. The van der Waals surface area contributed by atoms with Gasteiger partial charge in [-0.15, -0.1) is 0 Å². The van der Waals surface area contributed by atoms with Crippen LogP contribution < -0.4 is 9.05 Å². The molecule has 2 aromatic rings. The molecule has 0 saturated heterocycles. The van der Waals surface area contributed by atoms with Gasteiger partial charge in [0.2, 0.25) is 0 Å². The number of rotatable bonds is 20. The van der Waals surface area contributed by atoms with Gasteiger partial charge in [0.1, 0.15) is 11.5 Å². The highest BCUT2D eigenvalue weighted by Gasteiger charge is 2.24. The van der Waals surface area contributed by atoms with Gasteiger partial charge in [0, 0.05) is 6.61 Å². The molecule has 0 saturated carbocycles. The molecule has 2 aromatic carbocycles. The van der Waals surface area contributed by atoms with Crippen LogP contribution >= 0.6 is 8.60 Å². The van der Waals surface area contributed by atoms with Crippen LogP contribution in [0, 0.1) is 0 Å². The molecule has 0 aliphatic rings. The van der Waals surface area contributed by atoms with Crippen molar-refractivity contribution < 1.29 is 18.3 Å². The molecule has 4 nitrogen and oxygen atoms in total. The quantitative estimate of drug-likeness (QED) is 0.109. The van der Waals surface area contributed by atoms with Crippen LogP contribution in [0.1, 0.15) is 90.9 Å². The van der Waals surface area contributed by atoms with Crippen LogP contribution in [-0.2, 0) is 9.26 Å². The van der Waals surface area contributed by atoms with Crippen molar-refractivity contribution in [3.8, 4) is 11.5 Å². The van der Waals surface area contributed by atoms with E-state index in [9.17, 15) is 0 Å². The van der Waals surface area contributed by atoms with Gasteiger partial charge in [-0.1, -0.05) is 108 Å². The van der Waals surface area contributed by atoms with Gasteiger partial charge in [-0.2, -0.15) is 0 Å². The second kappa shape index (κ2) is 18.8. The maximum atomic E-state index is 6.31. The second-order valence-corrected chi connectivity index (χ2v) is 9.43. The third-order valence-electron chi connectivity index (χ3n) is 5.39. The predicted molar refractivity (Wildman–Crippen MR) is 139 cm³/mol. The van der Waals surface area contributed by atoms with E-state index in [0.717, 1.165) is 30.8 Å². The molecule has 0 fully saturated rings. The van der Waals surface area contributed by atoms with Crippen molar-refractivity contribution in [3.05, 3.63) is 60.7 Å². The summed E-state index contributed by atoms with van der Waals surface area (Å²) in [5.74, 6) is 1.47. The summed E-state index contributed by atoms with van der Waals surface area (Å²) in [6, 6.07) is 19.4. The molecule has 0 radical (unpaired) electrons. The molecule has 1 unspecified atom stereocenters. The van der Waals surface area contributed by atoms with E-state index in [-0.39, 0.29) is 6.29 Å². The molecular weight excluding hydrogens is 431 g/mol. The van der Waals surface area contributed by atoms with E-state index in [1.807, 2.05) is 60.7 Å². The van der Waals surface area contributed by atoms with Crippen molar-refractivity contribution in [2.45, 2.75) is 97.2 Å². The Balaban J connectivity index is 1.92. The SMILES string of the molecule is CCCCCCCCOC(CCCCCCC)OP(Oc1ccccc1)Oc1ccccc1. The highest BCUT2D eigenvalue weighted by Crippen LogP contribution is 2.43. The zero-order chi connectivity index (χ0) is 23.4. The number of unbranched alkanes of at least 4 members (excludes halogenated alkanes) is 9. The molecule has 0 N–H and O–H groups in total. The van der Waals surface area contributed by atoms with E-state index >= 15 is 0 Å². The summed E-state index contributed by atoms with van der Waals surface area (Å²) >= 11 is 0. The highest BCUT2D eigenvalue weighted by molar-refractivity contribution is 7.42. The van der Waals surface area contributed by atoms with Crippen LogP contribution in [-0.4, -0.2) is 12.9 Å². The smallest absolute Gasteiger partial charge is 0.418 e. The fourth-order valence-corrected chi connectivity index (χ4v) is 4.54. The van der Waals surface area contributed by atoms with Gasteiger partial charge in [0.05, 0.1) is 0 Å². The Morgan fingerprint density at radius 2 is 1.09 bits per heavy atom. The molecular formula is C28H43O4P.